The number of rotatable bonds is 4. The molecule has 0 bridgehead atoms. The number of benzene rings is 1. The van der Waals surface area contributed by atoms with Crippen LogP contribution in [0.3, 0.4) is 0 Å². The van der Waals surface area contributed by atoms with Gasteiger partial charge in [-0.25, -0.2) is 0 Å². The molecule has 1 fully saturated rings. The zero-order valence-electron chi connectivity index (χ0n) is 10.3. The number of piperidine rings is 1. The topological polar surface area (TPSA) is 58.2 Å². The molecule has 0 saturated carbocycles. The predicted octanol–water partition coefficient (Wildman–Crippen LogP) is 1.83. The minimum Gasteiger partial charge on any atom is -0.354 e. The summed E-state index contributed by atoms with van der Waals surface area (Å²) in [5.41, 5.74) is 0. The predicted molar refractivity (Wildman–Crippen MR) is 76.4 cm³/mol. The molecule has 0 aliphatic carbocycles. The first-order valence-corrected chi connectivity index (χ1v) is 7.47. The molecule has 6 heteroatoms. The lowest BCUT2D eigenvalue weighted by molar-refractivity contribution is -0.129. The third-order valence-electron chi connectivity index (χ3n) is 2.80. The largest absolute Gasteiger partial charge is 0.354 e. The van der Waals surface area contributed by atoms with Gasteiger partial charge in [0.05, 0.1) is 5.75 Å². The van der Waals surface area contributed by atoms with Gasteiger partial charge >= 0.3 is 0 Å². The van der Waals surface area contributed by atoms with Crippen molar-refractivity contribution < 1.29 is 9.59 Å². The molecule has 1 saturated heterocycles. The van der Waals surface area contributed by atoms with E-state index >= 15 is 0 Å². The third kappa shape index (κ3) is 4.44. The molecule has 19 heavy (non-hydrogen) atoms. The number of nitrogens with one attached hydrogen (secondary N) is 2. The van der Waals surface area contributed by atoms with Crippen molar-refractivity contribution in [3.8, 4) is 0 Å². The number of carbonyl (C=O) groups excluding carboxylic acids is 2. The monoisotopic (exact) mass is 298 g/mol. The maximum atomic E-state index is 11.8. The Hall–Kier alpha value is -1.20. The molecule has 2 N–H and O–H groups in total. The maximum absolute atomic E-state index is 11.8. The van der Waals surface area contributed by atoms with Gasteiger partial charge in [-0.3, -0.25) is 9.59 Å². The van der Waals surface area contributed by atoms with Gasteiger partial charge in [0.2, 0.25) is 11.8 Å². The van der Waals surface area contributed by atoms with E-state index in [0.29, 0.717) is 23.7 Å². The van der Waals surface area contributed by atoms with Gasteiger partial charge in [-0.05, 0) is 37.1 Å². The zero-order chi connectivity index (χ0) is 13.7. The van der Waals surface area contributed by atoms with E-state index in [4.69, 9.17) is 11.6 Å². The summed E-state index contributed by atoms with van der Waals surface area (Å²) < 4.78 is 0. The average molecular weight is 299 g/mol. The first kappa shape index (κ1) is 14.2. The van der Waals surface area contributed by atoms with Crippen LogP contribution in [0.4, 0.5) is 0 Å². The van der Waals surface area contributed by atoms with Crippen LogP contribution in [-0.2, 0) is 9.59 Å². The third-order valence-corrected chi connectivity index (χ3v) is 4.07. The molecular formula is C13H15ClN2O2S. The number of hydrogen-bond acceptors (Lipinski definition) is 3. The van der Waals surface area contributed by atoms with Gasteiger partial charge in [0.25, 0.3) is 0 Å². The quantitative estimate of drug-likeness (QED) is 0.834. The Kier molecular flexibility index (Phi) is 5.10. The van der Waals surface area contributed by atoms with E-state index in [2.05, 4.69) is 10.6 Å². The van der Waals surface area contributed by atoms with Crippen molar-refractivity contribution in [1.29, 1.82) is 0 Å². The van der Waals surface area contributed by atoms with Gasteiger partial charge < -0.3 is 10.6 Å². The van der Waals surface area contributed by atoms with Crippen LogP contribution in [0, 0.1) is 0 Å². The van der Waals surface area contributed by atoms with Crippen LogP contribution in [0.2, 0.25) is 5.02 Å². The van der Waals surface area contributed by atoms with Crippen molar-refractivity contribution in [3.05, 3.63) is 29.3 Å². The number of hydrogen-bond donors (Lipinski definition) is 2. The van der Waals surface area contributed by atoms with Crippen LogP contribution in [0.25, 0.3) is 0 Å². The minimum absolute atomic E-state index is 0.0870. The fourth-order valence-electron chi connectivity index (χ4n) is 1.83. The van der Waals surface area contributed by atoms with Gasteiger partial charge in [-0.1, -0.05) is 11.6 Å². The first-order chi connectivity index (χ1) is 9.15. The van der Waals surface area contributed by atoms with Crippen molar-refractivity contribution in [3.63, 3.8) is 0 Å². The van der Waals surface area contributed by atoms with Crippen LogP contribution in [0.5, 0.6) is 0 Å². The molecule has 0 radical (unpaired) electrons. The standard InChI is InChI=1S/C13H15ClN2O2S/c14-9-3-5-10(6-4-9)19-8-12(17)16-11-2-1-7-15-13(11)18/h3-6,11H,1-2,7-8H2,(H,15,18)(H,16,17). The summed E-state index contributed by atoms with van der Waals surface area (Å²) >= 11 is 7.21. The van der Waals surface area contributed by atoms with Gasteiger partial charge in [0, 0.05) is 16.5 Å². The molecular weight excluding hydrogens is 284 g/mol. The molecule has 2 amide bonds. The molecule has 4 nitrogen and oxygen atoms in total. The maximum Gasteiger partial charge on any atom is 0.242 e. The minimum atomic E-state index is -0.382. The van der Waals surface area contributed by atoms with Crippen LogP contribution in [0.1, 0.15) is 12.8 Å². The first-order valence-electron chi connectivity index (χ1n) is 6.10. The molecule has 1 unspecified atom stereocenters. The normalized spacial score (nSPS) is 18.8. The molecule has 1 atom stereocenters. The second-order valence-corrected chi connectivity index (χ2v) is 5.78. The van der Waals surface area contributed by atoms with Gasteiger partial charge in [-0.15, -0.1) is 11.8 Å². The SMILES string of the molecule is O=C(CSc1ccc(Cl)cc1)NC1CCCNC1=O. The summed E-state index contributed by atoms with van der Waals surface area (Å²) in [6.07, 6.45) is 1.62. The van der Waals surface area contributed by atoms with Crippen LogP contribution in [-0.4, -0.2) is 30.2 Å². The van der Waals surface area contributed by atoms with Crippen LogP contribution < -0.4 is 10.6 Å². The van der Waals surface area contributed by atoms with Crippen molar-refractivity contribution >= 4 is 35.2 Å². The lowest BCUT2D eigenvalue weighted by Crippen LogP contribution is -2.50. The summed E-state index contributed by atoms with van der Waals surface area (Å²) in [6, 6.07) is 6.93. The highest BCUT2D eigenvalue weighted by Crippen LogP contribution is 2.20. The van der Waals surface area contributed by atoms with E-state index in [1.807, 2.05) is 12.1 Å². The summed E-state index contributed by atoms with van der Waals surface area (Å²) in [6.45, 7) is 0.699. The van der Waals surface area contributed by atoms with E-state index in [-0.39, 0.29) is 17.9 Å². The molecule has 2 rings (SSSR count). The summed E-state index contributed by atoms with van der Waals surface area (Å²) in [5.74, 6) is 0.0869. The second-order valence-electron chi connectivity index (χ2n) is 4.30. The smallest absolute Gasteiger partial charge is 0.242 e. The molecule has 1 aliphatic rings. The Labute approximate surface area is 121 Å². The lowest BCUT2D eigenvalue weighted by Gasteiger charge is -2.22. The van der Waals surface area contributed by atoms with Crippen LogP contribution >= 0.6 is 23.4 Å². The van der Waals surface area contributed by atoms with Gasteiger partial charge in [0.15, 0.2) is 0 Å². The molecule has 1 heterocycles. The van der Waals surface area contributed by atoms with Crippen molar-refractivity contribution in [1.82, 2.24) is 10.6 Å². The van der Waals surface area contributed by atoms with E-state index < -0.39 is 0 Å². The average Bonchev–Trinajstić information content (AvgIpc) is 2.41. The second kappa shape index (κ2) is 6.82. The highest BCUT2D eigenvalue weighted by atomic mass is 35.5. The molecule has 1 aliphatic heterocycles. The number of amides is 2. The Morgan fingerprint density at radius 3 is 2.84 bits per heavy atom. The Balaban J connectivity index is 1.78. The molecule has 1 aromatic carbocycles. The van der Waals surface area contributed by atoms with Crippen molar-refractivity contribution in [2.45, 2.75) is 23.8 Å². The number of thioether (sulfide) groups is 1. The van der Waals surface area contributed by atoms with Gasteiger partial charge in [-0.2, -0.15) is 0 Å². The molecule has 1 aromatic rings. The highest BCUT2D eigenvalue weighted by molar-refractivity contribution is 8.00. The molecule has 0 aromatic heterocycles. The Bertz CT molecular complexity index is 464. The van der Waals surface area contributed by atoms with Crippen molar-refractivity contribution in [2.75, 3.05) is 12.3 Å². The fourth-order valence-corrected chi connectivity index (χ4v) is 2.66. The highest BCUT2D eigenvalue weighted by Gasteiger charge is 2.23. The van der Waals surface area contributed by atoms with Gasteiger partial charge in [0.1, 0.15) is 6.04 Å². The summed E-state index contributed by atoms with van der Waals surface area (Å²) in [7, 11) is 0. The molecule has 0 spiro atoms. The summed E-state index contributed by atoms with van der Waals surface area (Å²) in [5, 5.41) is 6.17. The lowest BCUT2D eigenvalue weighted by atomic mass is 10.1. The Morgan fingerprint density at radius 2 is 2.16 bits per heavy atom. The summed E-state index contributed by atoms with van der Waals surface area (Å²) in [4.78, 5) is 24.2. The fraction of sp³-hybridized carbons (Fsp3) is 0.385. The van der Waals surface area contributed by atoms with Crippen LogP contribution in [0.15, 0.2) is 29.2 Å². The van der Waals surface area contributed by atoms with E-state index in [1.165, 1.54) is 11.8 Å². The van der Waals surface area contributed by atoms with E-state index in [0.717, 1.165) is 11.3 Å². The zero-order valence-corrected chi connectivity index (χ0v) is 11.9. The van der Waals surface area contributed by atoms with E-state index in [9.17, 15) is 9.59 Å². The Morgan fingerprint density at radius 1 is 1.42 bits per heavy atom. The molecule has 102 valence electrons. The number of halogens is 1. The van der Waals surface area contributed by atoms with E-state index in [1.54, 1.807) is 12.1 Å². The number of carbonyl (C=O) groups is 2. The van der Waals surface area contributed by atoms with Crippen molar-refractivity contribution in [2.24, 2.45) is 0 Å².